The molecule has 0 radical (unpaired) electrons. The molecular formula is C20H17N5O2S. The Morgan fingerprint density at radius 3 is 2.71 bits per heavy atom. The van der Waals surface area contributed by atoms with Crippen LogP contribution in [0.3, 0.4) is 0 Å². The molecule has 0 saturated carbocycles. The molecule has 8 heteroatoms. The van der Waals surface area contributed by atoms with Crippen LogP contribution in [0, 0.1) is 13.8 Å². The summed E-state index contributed by atoms with van der Waals surface area (Å²) in [6, 6.07) is 15.2. The zero-order chi connectivity index (χ0) is 19.5. The van der Waals surface area contributed by atoms with Crippen LogP contribution in [0.4, 0.5) is 0 Å². The van der Waals surface area contributed by atoms with Crippen molar-refractivity contribution >= 4 is 17.2 Å². The van der Waals surface area contributed by atoms with E-state index in [4.69, 9.17) is 4.52 Å². The fourth-order valence-electron chi connectivity index (χ4n) is 2.73. The van der Waals surface area contributed by atoms with E-state index in [0.29, 0.717) is 10.7 Å². The summed E-state index contributed by atoms with van der Waals surface area (Å²) >= 11 is 1.44. The number of carbonyl (C=O) groups is 1. The standard InChI is InChI=1S/C20H17N5O2S/c1-12-8-9-15(13(2)22-12)16-10-17(27-25-16)19(26)21-11-18-23-24-20(28-18)14-6-4-3-5-7-14/h3-10H,11H2,1-2H3,(H,21,26). The number of pyridine rings is 1. The average molecular weight is 391 g/mol. The Labute approximate surface area is 165 Å². The van der Waals surface area contributed by atoms with Crippen LogP contribution in [0.15, 0.2) is 53.1 Å². The topological polar surface area (TPSA) is 93.8 Å². The van der Waals surface area contributed by atoms with Crippen molar-refractivity contribution in [2.24, 2.45) is 0 Å². The monoisotopic (exact) mass is 391 g/mol. The number of nitrogens with one attached hydrogen (secondary N) is 1. The van der Waals surface area contributed by atoms with E-state index in [9.17, 15) is 4.79 Å². The minimum atomic E-state index is -0.354. The van der Waals surface area contributed by atoms with E-state index >= 15 is 0 Å². The first-order chi connectivity index (χ1) is 13.6. The highest BCUT2D eigenvalue weighted by Gasteiger charge is 2.16. The van der Waals surface area contributed by atoms with Gasteiger partial charge in [0.15, 0.2) is 0 Å². The lowest BCUT2D eigenvalue weighted by Crippen LogP contribution is -2.22. The summed E-state index contributed by atoms with van der Waals surface area (Å²) in [5, 5.41) is 16.6. The molecule has 140 valence electrons. The first-order valence-electron chi connectivity index (χ1n) is 8.67. The number of hydrogen-bond donors (Lipinski definition) is 1. The van der Waals surface area contributed by atoms with Gasteiger partial charge in [-0.2, -0.15) is 0 Å². The number of rotatable bonds is 5. The highest BCUT2D eigenvalue weighted by atomic mass is 32.1. The van der Waals surface area contributed by atoms with Crippen molar-refractivity contribution < 1.29 is 9.32 Å². The van der Waals surface area contributed by atoms with Gasteiger partial charge in [-0.3, -0.25) is 9.78 Å². The van der Waals surface area contributed by atoms with Crippen LogP contribution in [0.5, 0.6) is 0 Å². The van der Waals surface area contributed by atoms with E-state index in [1.54, 1.807) is 6.07 Å². The third-order valence-corrected chi connectivity index (χ3v) is 5.10. The minimum absolute atomic E-state index is 0.141. The number of hydrogen-bond acceptors (Lipinski definition) is 7. The first kappa shape index (κ1) is 18.0. The van der Waals surface area contributed by atoms with E-state index in [2.05, 4.69) is 25.7 Å². The molecule has 7 nitrogen and oxygen atoms in total. The first-order valence-corrected chi connectivity index (χ1v) is 9.49. The van der Waals surface area contributed by atoms with Crippen LogP contribution >= 0.6 is 11.3 Å². The number of nitrogens with zero attached hydrogens (tertiary/aromatic N) is 4. The molecule has 4 rings (SSSR count). The molecule has 1 amide bonds. The molecule has 1 N–H and O–H groups in total. The molecule has 3 heterocycles. The smallest absolute Gasteiger partial charge is 0.290 e. The normalized spacial score (nSPS) is 10.8. The minimum Gasteiger partial charge on any atom is -0.350 e. The maximum atomic E-state index is 12.4. The maximum Gasteiger partial charge on any atom is 0.290 e. The van der Waals surface area contributed by atoms with Gasteiger partial charge in [0.2, 0.25) is 5.76 Å². The summed E-state index contributed by atoms with van der Waals surface area (Å²) in [7, 11) is 0. The average Bonchev–Trinajstić information content (AvgIpc) is 3.37. The molecule has 0 saturated heterocycles. The Morgan fingerprint density at radius 1 is 1.11 bits per heavy atom. The van der Waals surface area contributed by atoms with Gasteiger partial charge in [-0.05, 0) is 26.0 Å². The van der Waals surface area contributed by atoms with Crippen molar-refractivity contribution in [3.8, 4) is 21.8 Å². The third kappa shape index (κ3) is 3.81. The maximum absolute atomic E-state index is 12.4. The summed E-state index contributed by atoms with van der Waals surface area (Å²) in [5.74, 6) is -0.212. The van der Waals surface area contributed by atoms with Gasteiger partial charge in [0, 0.05) is 28.6 Å². The van der Waals surface area contributed by atoms with Crippen LogP contribution in [0.1, 0.15) is 27.0 Å². The molecule has 0 atom stereocenters. The van der Waals surface area contributed by atoms with Crippen molar-refractivity contribution in [1.29, 1.82) is 0 Å². The third-order valence-electron chi connectivity index (χ3n) is 4.12. The molecule has 0 spiro atoms. The molecule has 0 fully saturated rings. The Balaban J connectivity index is 1.42. The lowest BCUT2D eigenvalue weighted by Gasteiger charge is -2.01. The van der Waals surface area contributed by atoms with Gasteiger partial charge in [-0.25, -0.2) is 0 Å². The number of aromatic nitrogens is 4. The fraction of sp³-hybridized carbons (Fsp3) is 0.150. The van der Waals surface area contributed by atoms with E-state index in [0.717, 1.165) is 27.5 Å². The van der Waals surface area contributed by atoms with Crippen molar-refractivity contribution in [1.82, 2.24) is 25.7 Å². The Hall–Kier alpha value is -3.39. The highest BCUT2D eigenvalue weighted by molar-refractivity contribution is 7.14. The highest BCUT2D eigenvalue weighted by Crippen LogP contribution is 2.24. The lowest BCUT2D eigenvalue weighted by molar-refractivity contribution is 0.0914. The predicted octanol–water partition coefficient (Wildman–Crippen LogP) is 3.80. The molecule has 0 bridgehead atoms. The van der Waals surface area contributed by atoms with Crippen LogP contribution in [0.25, 0.3) is 21.8 Å². The van der Waals surface area contributed by atoms with E-state index in [1.807, 2.05) is 56.3 Å². The van der Waals surface area contributed by atoms with Crippen LogP contribution in [-0.2, 0) is 6.54 Å². The summed E-state index contributed by atoms with van der Waals surface area (Å²) in [5.41, 5.74) is 4.18. The SMILES string of the molecule is Cc1ccc(-c2cc(C(=O)NCc3nnc(-c4ccccc4)s3)on2)c(C)n1. The Bertz CT molecular complexity index is 1120. The van der Waals surface area contributed by atoms with Gasteiger partial charge < -0.3 is 9.84 Å². The summed E-state index contributed by atoms with van der Waals surface area (Å²) in [4.78, 5) is 16.8. The van der Waals surface area contributed by atoms with Crippen molar-refractivity contribution in [2.45, 2.75) is 20.4 Å². The predicted molar refractivity (Wildman–Crippen MR) is 106 cm³/mol. The van der Waals surface area contributed by atoms with E-state index in [-0.39, 0.29) is 18.2 Å². The molecule has 0 unspecified atom stereocenters. The van der Waals surface area contributed by atoms with Gasteiger partial charge >= 0.3 is 0 Å². The van der Waals surface area contributed by atoms with E-state index < -0.39 is 0 Å². The van der Waals surface area contributed by atoms with Gasteiger partial charge in [0.1, 0.15) is 15.7 Å². The van der Waals surface area contributed by atoms with Gasteiger partial charge in [0.25, 0.3) is 5.91 Å². The molecule has 3 aromatic heterocycles. The molecule has 1 aromatic carbocycles. The van der Waals surface area contributed by atoms with Crippen molar-refractivity contribution in [3.05, 3.63) is 70.7 Å². The second-order valence-electron chi connectivity index (χ2n) is 6.21. The molecular weight excluding hydrogens is 374 g/mol. The summed E-state index contributed by atoms with van der Waals surface area (Å²) < 4.78 is 5.21. The molecule has 4 aromatic rings. The number of aryl methyl sites for hydroxylation is 2. The van der Waals surface area contributed by atoms with Crippen LogP contribution < -0.4 is 5.32 Å². The lowest BCUT2D eigenvalue weighted by atomic mass is 10.1. The number of amides is 1. The molecule has 0 aliphatic heterocycles. The van der Waals surface area contributed by atoms with Crippen molar-refractivity contribution in [3.63, 3.8) is 0 Å². The summed E-state index contributed by atoms with van der Waals surface area (Å²) in [6.45, 7) is 4.09. The second kappa shape index (κ2) is 7.69. The zero-order valence-corrected chi connectivity index (χ0v) is 16.2. The molecule has 28 heavy (non-hydrogen) atoms. The Morgan fingerprint density at radius 2 is 1.93 bits per heavy atom. The quantitative estimate of drug-likeness (QED) is 0.556. The van der Waals surface area contributed by atoms with Crippen molar-refractivity contribution in [2.75, 3.05) is 0 Å². The molecule has 0 aliphatic rings. The molecule has 0 aliphatic carbocycles. The van der Waals surface area contributed by atoms with E-state index in [1.165, 1.54) is 11.3 Å². The van der Waals surface area contributed by atoms with Crippen LogP contribution in [0.2, 0.25) is 0 Å². The van der Waals surface area contributed by atoms with Gasteiger partial charge in [0.05, 0.1) is 6.54 Å². The number of benzene rings is 1. The van der Waals surface area contributed by atoms with Gasteiger partial charge in [-0.1, -0.05) is 46.8 Å². The number of carbonyl (C=O) groups excluding carboxylic acids is 1. The summed E-state index contributed by atoms with van der Waals surface area (Å²) in [6.07, 6.45) is 0. The fourth-order valence-corrected chi connectivity index (χ4v) is 3.52. The second-order valence-corrected chi connectivity index (χ2v) is 7.27. The Kier molecular flexibility index (Phi) is 4.94. The van der Waals surface area contributed by atoms with Crippen LogP contribution in [-0.4, -0.2) is 26.2 Å². The zero-order valence-electron chi connectivity index (χ0n) is 15.3. The van der Waals surface area contributed by atoms with Gasteiger partial charge in [-0.15, -0.1) is 10.2 Å². The largest absolute Gasteiger partial charge is 0.350 e.